The first-order valence-corrected chi connectivity index (χ1v) is 10.7. The summed E-state index contributed by atoms with van der Waals surface area (Å²) in [5.74, 6) is 0.263. The second kappa shape index (κ2) is 8.86. The molecule has 5 rings (SSSR count). The summed E-state index contributed by atoms with van der Waals surface area (Å²) in [5.41, 5.74) is 1.45. The Morgan fingerprint density at radius 3 is 2.47 bits per heavy atom. The molecule has 0 unspecified atom stereocenters. The molecule has 7 heteroatoms. The molecule has 3 aromatic carbocycles. The fourth-order valence-electron chi connectivity index (χ4n) is 3.84. The number of carbonyl (C=O) groups is 2. The molecule has 1 aliphatic heterocycles. The van der Waals surface area contributed by atoms with Crippen molar-refractivity contribution in [2.45, 2.75) is 6.92 Å². The third-order valence-electron chi connectivity index (χ3n) is 5.60. The number of rotatable bonds is 5. The smallest absolute Gasteiger partial charge is 0.342 e. The van der Waals surface area contributed by atoms with Gasteiger partial charge in [0.15, 0.2) is 34.9 Å². The summed E-state index contributed by atoms with van der Waals surface area (Å²) in [5, 5.41) is 0.268. The molecule has 1 aromatic heterocycles. The van der Waals surface area contributed by atoms with Gasteiger partial charge in [-0.2, -0.15) is 0 Å². The first kappa shape index (κ1) is 21.5. The fourth-order valence-corrected chi connectivity index (χ4v) is 3.84. The van der Waals surface area contributed by atoms with Gasteiger partial charge in [0, 0.05) is 16.7 Å². The Balaban J connectivity index is 1.43. The molecule has 0 saturated carbocycles. The Kier molecular flexibility index (Phi) is 5.59. The van der Waals surface area contributed by atoms with Gasteiger partial charge < -0.3 is 18.6 Å². The van der Waals surface area contributed by atoms with Gasteiger partial charge in [-0.1, -0.05) is 36.4 Å². The molecule has 4 aromatic rings. The number of esters is 1. The van der Waals surface area contributed by atoms with Gasteiger partial charge in [0.1, 0.15) is 24.5 Å². The van der Waals surface area contributed by atoms with Crippen molar-refractivity contribution >= 4 is 22.7 Å². The largest absolute Gasteiger partial charge is 0.486 e. The Hall–Kier alpha value is -4.39. The lowest BCUT2D eigenvalue weighted by atomic mass is 10.0. The van der Waals surface area contributed by atoms with E-state index in [1.807, 2.05) is 30.3 Å². The minimum absolute atomic E-state index is 0.0711. The normalized spacial score (nSPS) is 12.4. The van der Waals surface area contributed by atoms with E-state index in [0.29, 0.717) is 41.6 Å². The van der Waals surface area contributed by atoms with Crippen LogP contribution in [0.3, 0.4) is 0 Å². The van der Waals surface area contributed by atoms with E-state index in [4.69, 9.17) is 18.6 Å². The number of hydrogen-bond acceptors (Lipinski definition) is 7. The molecule has 0 bridgehead atoms. The van der Waals surface area contributed by atoms with Crippen molar-refractivity contribution in [1.82, 2.24) is 0 Å². The molecule has 1 aliphatic rings. The number of hydrogen-bond donors (Lipinski definition) is 0. The van der Waals surface area contributed by atoms with Crippen LogP contribution < -0.4 is 14.9 Å². The number of ether oxygens (including phenoxy) is 3. The Bertz CT molecular complexity index is 1470. The molecular formula is C27H20O7. The summed E-state index contributed by atoms with van der Waals surface area (Å²) in [7, 11) is 0. The lowest BCUT2D eigenvalue weighted by Crippen LogP contribution is -2.18. The minimum Gasteiger partial charge on any atom is -0.486 e. The summed E-state index contributed by atoms with van der Waals surface area (Å²) < 4.78 is 22.3. The molecule has 170 valence electrons. The average molecular weight is 456 g/mol. The minimum atomic E-state index is -0.762. The molecule has 7 nitrogen and oxygen atoms in total. The van der Waals surface area contributed by atoms with Crippen LogP contribution in [0, 0.1) is 6.92 Å². The van der Waals surface area contributed by atoms with Gasteiger partial charge in [-0.15, -0.1) is 0 Å². The first-order chi connectivity index (χ1) is 16.5. The molecule has 0 saturated heterocycles. The standard InChI is InChI=1S/C27H20O7/c1-16-24(29)19-8-5-9-20(26(19)34-25(16)17-6-3-2-4-7-17)27(30)33-15-21(28)18-10-11-22-23(14-18)32-13-12-31-22/h2-11,14H,12-13,15H2,1H3. The maximum atomic E-state index is 13.0. The highest BCUT2D eigenvalue weighted by Gasteiger charge is 2.21. The summed E-state index contributed by atoms with van der Waals surface area (Å²) in [6.07, 6.45) is 0. The van der Waals surface area contributed by atoms with E-state index in [9.17, 15) is 14.4 Å². The highest BCUT2D eigenvalue weighted by Crippen LogP contribution is 2.31. The first-order valence-electron chi connectivity index (χ1n) is 10.7. The SMILES string of the molecule is Cc1c(-c2ccccc2)oc2c(C(=O)OCC(=O)c3ccc4c(c3)OCCO4)cccc2c1=O. The van der Waals surface area contributed by atoms with Crippen LogP contribution >= 0.6 is 0 Å². The highest BCUT2D eigenvalue weighted by atomic mass is 16.6. The van der Waals surface area contributed by atoms with Crippen molar-refractivity contribution in [3.63, 3.8) is 0 Å². The third-order valence-corrected chi connectivity index (χ3v) is 5.60. The van der Waals surface area contributed by atoms with Crippen molar-refractivity contribution < 1.29 is 28.2 Å². The number of Topliss-reactive ketones (excluding diaryl/α,β-unsaturated/α-hetero) is 1. The zero-order valence-corrected chi connectivity index (χ0v) is 18.3. The average Bonchev–Trinajstić information content (AvgIpc) is 2.89. The van der Waals surface area contributed by atoms with Gasteiger partial charge in [0.05, 0.1) is 5.39 Å². The zero-order valence-electron chi connectivity index (χ0n) is 18.3. The van der Waals surface area contributed by atoms with Crippen LogP contribution in [-0.2, 0) is 4.74 Å². The molecule has 0 amide bonds. The van der Waals surface area contributed by atoms with E-state index in [1.54, 1.807) is 37.3 Å². The molecule has 0 N–H and O–H groups in total. The van der Waals surface area contributed by atoms with Crippen molar-refractivity contribution in [3.8, 4) is 22.8 Å². The number of ketones is 1. The third kappa shape index (κ3) is 3.92. The number of carbonyl (C=O) groups excluding carboxylic acids is 2. The van der Waals surface area contributed by atoms with Crippen LogP contribution in [0.5, 0.6) is 11.5 Å². The molecular weight excluding hydrogens is 436 g/mol. The Morgan fingerprint density at radius 1 is 0.912 bits per heavy atom. The second-order valence-electron chi connectivity index (χ2n) is 7.79. The van der Waals surface area contributed by atoms with Gasteiger partial charge in [0.2, 0.25) is 0 Å². The monoisotopic (exact) mass is 456 g/mol. The number of para-hydroxylation sites is 1. The van der Waals surface area contributed by atoms with Crippen LogP contribution in [-0.4, -0.2) is 31.6 Å². The van der Waals surface area contributed by atoms with Gasteiger partial charge in [-0.25, -0.2) is 4.79 Å². The van der Waals surface area contributed by atoms with Crippen LogP contribution in [0.2, 0.25) is 0 Å². The van der Waals surface area contributed by atoms with Crippen LogP contribution in [0.1, 0.15) is 26.3 Å². The van der Waals surface area contributed by atoms with Gasteiger partial charge in [0.25, 0.3) is 0 Å². The van der Waals surface area contributed by atoms with Crippen LogP contribution in [0.25, 0.3) is 22.3 Å². The predicted molar refractivity (Wildman–Crippen MR) is 125 cm³/mol. The van der Waals surface area contributed by atoms with Crippen LogP contribution in [0.15, 0.2) is 75.9 Å². The lowest BCUT2D eigenvalue weighted by molar-refractivity contribution is 0.0475. The molecule has 0 atom stereocenters. The van der Waals surface area contributed by atoms with Gasteiger partial charge in [-0.05, 0) is 37.3 Å². The number of benzene rings is 3. The number of fused-ring (bicyclic) bond motifs is 2. The van der Waals surface area contributed by atoms with Crippen LogP contribution in [0.4, 0.5) is 0 Å². The summed E-state index contributed by atoms with van der Waals surface area (Å²) >= 11 is 0. The molecule has 0 spiro atoms. The summed E-state index contributed by atoms with van der Waals surface area (Å²) in [6.45, 7) is 2.06. The van der Waals surface area contributed by atoms with E-state index < -0.39 is 18.4 Å². The van der Waals surface area contributed by atoms with E-state index >= 15 is 0 Å². The predicted octanol–water partition coefficient (Wildman–Crippen LogP) is 4.58. The molecule has 0 aliphatic carbocycles. The van der Waals surface area contributed by atoms with E-state index in [0.717, 1.165) is 5.56 Å². The van der Waals surface area contributed by atoms with Crippen molar-refractivity contribution in [3.05, 3.63) is 93.6 Å². The molecule has 34 heavy (non-hydrogen) atoms. The Morgan fingerprint density at radius 2 is 1.68 bits per heavy atom. The topological polar surface area (TPSA) is 92.0 Å². The quantitative estimate of drug-likeness (QED) is 0.321. The van der Waals surface area contributed by atoms with E-state index in [-0.39, 0.29) is 22.0 Å². The maximum Gasteiger partial charge on any atom is 0.342 e. The van der Waals surface area contributed by atoms with Gasteiger partial charge >= 0.3 is 5.97 Å². The lowest BCUT2D eigenvalue weighted by Gasteiger charge is -2.18. The molecule has 2 heterocycles. The van der Waals surface area contributed by atoms with Crippen molar-refractivity contribution in [1.29, 1.82) is 0 Å². The van der Waals surface area contributed by atoms with E-state index in [1.165, 1.54) is 6.07 Å². The summed E-state index contributed by atoms with van der Waals surface area (Å²) in [6, 6.07) is 18.7. The zero-order chi connectivity index (χ0) is 23.7. The maximum absolute atomic E-state index is 13.0. The van der Waals surface area contributed by atoms with E-state index in [2.05, 4.69) is 0 Å². The highest BCUT2D eigenvalue weighted by molar-refractivity contribution is 6.04. The van der Waals surface area contributed by atoms with Crippen molar-refractivity contribution in [2.75, 3.05) is 19.8 Å². The molecule has 0 fully saturated rings. The fraction of sp³-hybridized carbons (Fsp3) is 0.148. The Labute approximate surface area is 194 Å². The van der Waals surface area contributed by atoms with Crippen molar-refractivity contribution in [2.24, 2.45) is 0 Å². The second-order valence-corrected chi connectivity index (χ2v) is 7.79. The van der Waals surface area contributed by atoms with Gasteiger partial charge in [-0.3, -0.25) is 9.59 Å². The molecule has 0 radical (unpaired) electrons. The summed E-state index contributed by atoms with van der Waals surface area (Å²) in [4.78, 5) is 38.5.